The number of thiazole rings is 2. The summed E-state index contributed by atoms with van der Waals surface area (Å²) in [6.45, 7) is 9.36. The second-order valence-electron chi connectivity index (χ2n) is 6.78. The number of likely N-dealkylation sites (tertiary alicyclic amines) is 1. The van der Waals surface area contributed by atoms with Gasteiger partial charge in [-0.25, -0.2) is 9.97 Å². The molecule has 5 nitrogen and oxygen atoms in total. The normalized spacial score (nSPS) is 23.0. The first-order chi connectivity index (χ1) is 11.6. The molecule has 0 aliphatic carbocycles. The summed E-state index contributed by atoms with van der Waals surface area (Å²) in [5.41, 5.74) is 4.15. The lowest BCUT2D eigenvalue weighted by atomic mass is 9.81. The first-order valence-corrected chi connectivity index (χ1v) is 10.1. The fourth-order valence-electron chi connectivity index (χ4n) is 3.65. The van der Waals surface area contributed by atoms with E-state index in [0.29, 0.717) is 12.5 Å². The average molecular weight is 366 g/mol. The minimum Gasteiger partial charge on any atom is -0.375 e. The van der Waals surface area contributed by atoms with Crippen molar-refractivity contribution in [2.24, 2.45) is 5.92 Å². The van der Waals surface area contributed by atoms with E-state index in [9.17, 15) is 0 Å². The van der Waals surface area contributed by atoms with E-state index in [1.54, 1.807) is 22.7 Å². The highest BCUT2D eigenvalue weighted by Gasteiger charge is 2.52. The Balaban J connectivity index is 1.27. The molecule has 1 atom stereocenters. The van der Waals surface area contributed by atoms with Crippen LogP contribution in [0, 0.1) is 19.8 Å². The van der Waals surface area contributed by atoms with E-state index in [0.717, 1.165) is 55.7 Å². The van der Waals surface area contributed by atoms with Crippen molar-refractivity contribution in [3.63, 3.8) is 0 Å². The summed E-state index contributed by atoms with van der Waals surface area (Å²) in [5.74, 6) is 0.496. The van der Waals surface area contributed by atoms with Gasteiger partial charge in [0.05, 0.1) is 40.7 Å². The summed E-state index contributed by atoms with van der Waals surface area (Å²) >= 11 is 3.43. The van der Waals surface area contributed by atoms with Gasteiger partial charge < -0.3 is 9.47 Å². The van der Waals surface area contributed by atoms with Crippen LogP contribution in [0.2, 0.25) is 0 Å². The summed E-state index contributed by atoms with van der Waals surface area (Å²) in [5, 5.41) is 3.18. The van der Waals surface area contributed by atoms with Crippen LogP contribution < -0.4 is 0 Å². The molecule has 4 rings (SSSR count). The lowest BCUT2D eigenvalue weighted by molar-refractivity contribution is -0.146. The van der Waals surface area contributed by atoms with E-state index in [2.05, 4.69) is 27.2 Å². The highest BCUT2D eigenvalue weighted by molar-refractivity contribution is 7.09. The molecule has 0 unspecified atom stereocenters. The Morgan fingerprint density at radius 1 is 1.38 bits per heavy atom. The third-order valence-corrected chi connectivity index (χ3v) is 6.77. The van der Waals surface area contributed by atoms with Crippen molar-refractivity contribution < 1.29 is 9.47 Å². The zero-order valence-electron chi connectivity index (χ0n) is 14.2. The van der Waals surface area contributed by atoms with E-state index in [1.807, 2.05) is 12.4 Å². The number of hydrogen-bond acceptors (Lipinski definition) is 7. The van der Waals surface area contributed by atoms with Gasteiger partial charge in [0, 0.05) is 42.4 Å². The Labute approximate surface area is 150 Å². The zero-order chi connectivity index (χ0) is 16.6. The van der Waals surface area contributed by atoms with Crippen LogP contribution in [0.25, 0.3) is 0 Å². The Kier molecular flexibility index (Phi) is 4.70. The molecule has 2 fully saturated rings. The molecule has 4 heterocycles. The summed E-state index contributed by atoms with van der Waals surface area (Å²) in [7, 11) is 0. The smallest absolute Gasteiger partial charge is 0.0985 e. The van der Waals surface area contributed by atoms with Gasteiger partial charge in [-0.3, -0.25) is 4.90 Å². The molecule has 130 valence electrons. The van der Waals surface area contributed by atoms with E-state index in [-0.39, 0.29) is 5.60 Å². The van der Waals surface area contributed by atoms with Gasteiger partial charge in [-0.2, -0.15) is 0 Å². The van der Waals surface area contributed by atoms with E-state index >= 15 is 0 Å². The zero-order valence-corrected chi connectivity index (χ0v) is 15.8. The summed E-state index contributed by atoms with van der Waals surface area (Å²) in [6.07, 6.45) is 1.10. The van der Waals surface area contributed by atoms with Crippen LogP contribution in [-0.4, -0.2) is 46.8 Å². The second-order valence-corrected chi connectivity index (χ2v) is 8.78. The number of hydrogen-bond donors (Lipinski definition) is 0. The minimum absolute atomic E-state index is 0.0105. The lowest BCUT2D eigenvalue weighted by Crippen LogP contribution is -2.64. The number of aromatic nitrogens is 2. The predicted octanol–water partition coefficient (Wildman–Crippen LogP) is 3.02. The Hall–Kier alpha value is -0.860. The van der Waals surface area contributed by atoms with Crippen LogP contribution in [0.15, 0.2) is 10.9 Å². The fourth-order valence-corrected chi connectivity index (χ4v) is 5.07. The van der Waals surface area contributed by atoms with Gasteiger partial charge in [0.25, 0.3) is 0 Å². The first kappa shape index (κ1) is 16.6. The first-order valence-electron chi connectivity index (χ1n) is 8.39. The van der Waals surface area contributed by atoms with Gasteiger partial charge in [-0.05, 0) is 20.3 Å². The quantitative estimate of drug-likeness (QED) is 0.787. The standard InChI is InChI=1S/C17H23N3O2S2/c1-12-16(24-11-18-12)5-20-9-17(10-20)14(3-4-22-17)6-21-7-15-8-23-13(2)19-15/h8,11,14H,3-7,9-10H2,1-2H3/t14-/m1/s1. The lowest BCUT2D eigenvalue weighted by Gasteiger charge is -2.50. The highest BCUT2D eigenvalue weighted by Crippen LogP contribution is 2.41. The van der Waals surface area contributed by atoms with Crippen molar-refractivity contribution in [2.45, 2.75) is 39.0 Å². The fraction of sp³-hybridized carbons (Fsp3) is 0.647. The molecule has 2 aromatic rings. The molecule has 0 saturated carbocycles. The van der Waals surface area contributed by atoms with Crippen LogP contribution in [0.5, 0.6) is 0 Å². The number of rotatable bonds is 6. The van der Waals surface area contributed by atoms with Crippen LogP contribution in [0.3, 0.4) is 0 Å². The topological polar surface area (TPSA) is 47.5 Å². The summed E-state index contributed by atoms with van der Waals surface area (Å²) < 4.78 is 12.1. The number of ether oxygens (including phenoxy) is 2. The van der Waals surface area contributed by atoms with Crippen LogP contribution in [-0.2, 0) is 22.6 Å². The van der Waals surface area contributed by atoms with Crippen LogP contribution >= 0.6 is 22.7 Å². The van der Waals surface area contributed by atoms with Gasteiger partial charge in [0.1, 0.15) is 0 Å². The van der Waals surface area contributed by atoms with Gasteiger partial charge in [0.2, 0.25) is 0 Å². The third kappa shape index (κ3) is 3.28. The average Bonchev–Trinajstić information content (AvgIpc) is 3.22. The molecule has 2 aromatic heterocycles. The Morgan fingerprint density at radius 2 is 2.25 bits per heavy atom. The van der Waals surface area contributed by atoms with Crippen molar-refractivity contribution in [3.8, 4) is 0 Å². The minimum atomic E-state index is 0.0105. The number of nitrogens with zero attached hydrogens (tertiary/aromatic N) is 3. The molecule has 0 bridgehead atoms. The van der Waals surface area contributed by atoms with Crippen LogP contribution in [0.4, 0.5) is 0 Å². The molecule has 2 aliphatic rings. The van der Waals surface area contributed by atoms with E-state index in [4.69, 9.17) is 9.47 Å². The Morgan fingerprint density at radius 3 is 2.96 bits per heavy atom. The molecular weight excluding hydrogens is 342 g/mol. The van der Waals surface area contributed by atoms with Crippen molar-refractivity contribution in [1.82, 2.24) is 14.9 Å². The molecule has 2 aliphatic heterocycles. The molecule has 24 heavy (non-hydrogen) atoms. The molecule has 2 saturated heterocycles. The highest BCUT2D eigenvalue weighted by atomic mass is 32.1. The van der Waals surface area contributed by atoms with Crippen molar-refractivity contribution >= 4 is 22.7 Å². The summed E-state index contributed by atoms with van der Waals surface area (Å²) in [6, 6.07) is 0. The molecule has 1 spiro atoms. The SMILES string of the molecule is Cc1nc(COC[C@H]2CCOC23CN(Cc2scnc2C)C3)cs1. The van der Waals surface area contributed by atoms with Gasteiger partial charge in [-0.1, -0.05) is 0 Å². The van der Waals surface area contributed by atoms with Crippen LogP contribution in [0.1, 0.15) is 27.7 Å². The van der Waals surface area contributed by atoms with E-state index < -0.39 is 0 Å². The maximum Gasteiger partial charge on any atom is 0.0985 e. The van der Waals surface area contributed by atoms with Gasteiger partial charge >= 0.3 is 0 Å². The van der Waals surface area contributed by atoms with E-state index in [1.165, 1.54) is 4.88 Å². The molecule has 0 N–H and O–H groups in total. The number of aryl methyl sites for hydroxylation is 2. The second kappa shape index (κ2) is 6.80. The largest absolute Gasteiger partial charge is 0.375 e. The Bertz CT molecular complexity index is 694. The third-order valence-electron chi connectivity index (χ3n) is 5.03. The summed E-state index contributed by atoms with van der Waals surface area (Å²) in [4.78, 5) is 12.6. The predicted molar refractivity (Wildman–Crippen MR) is 95.4 cm³/mol. The van der Waals surface area contributed by atoms with Gasteiger partial charge in [0.15, 0.2) is 0 Å². The maximum atomic E-state index is 6.13. The molecule has 0 radical (unpaired) electrons. The van der Waals surface area contributed by atoms with Crippen molar-refractivity contribution in [1.29, 1.82) is 0 Å². The molecular formula is C17H23N3O2S2. The molecule has 0 amide bonds. The molecule has 7 heteroatoms. The maximum absolute atomic E-state index is 6.13. The van der Waals surface area contributed by atoms with Crippen molar-refractivity contribution in [3.05, 3.63) is 32.2 Å². The molecule has 0 aromatic carbocycles. The van der Waals surface area contributed by atoms with Gasteiger partial charge in [-0.15, -0.1) is 22.7 Å². The monoisotopic (exact) mass is 365 g/mol. The van der Waals surface area contributed by atoms with Crippen molar-refractivity contribution in [2.75, 3.05) is 26.3 Å².